The molecule has 0 aromatic carbocycles. The van der Waals surface area contributed by atoms with Crippen molar-refractivity contribution in [3.05, 3.63) is 22.0 Å². The van der Waals surface area contributed by atoms with Crippen molar-refractivity contribution in [1.29, 1.82) is 0 Å². The van der Waals surface area contributed by atoms with Crippen LogP contribution in [-0.2, 0) is 4.79 Å². The monoisotopic (exact) mass is 281 g/mol. The molecule has 0 unspecified atom stereocenters. The van der Waals surface area contributed by atoms with Crippen LogP contribution in [0.25, 0.3) is 5.57 Å². The third-order valence-corrected chi connectivity index (χ3v) is 2.70. The van der Waals surface area contributed by atoms with Gasteiger partial charge in [0.1, 0.15) is 5.82 Å². The zero-order chi connectivity index (χ0) is 15.3. The molecular formula is C12H19N5O3. The van der Waals surface area contributed by atoms with Gasteiger partial charge in [0, 0.05) is 20.0 Å². The standard InChI is InChI=1S/C10H15N5O.C2H4O2/c1-15-4-2-6(3-5-15)7-8(11)13-10(12)14-9(7)16;1-2(3)4/h2H,3-5H2,1H3,(H5,11,12,13,14,16);1H3,(H,3,4). The summed E-state index contributed by atoms with van der Waals surface area (Å²) in [5, 5.41) is 7.42. The van der Waals surface area contributed by atoms with Gasteiger partial charge in [0.15, 0.2) is 0 Å². The predicted molar refractivity (Wildman–Crippen MR) is 77.1 cm³/mol. The van der Waals surface area contributed by atoms with Crippen molar-refractivity contribution in [3.63, 3.8) is 0 Å². The molecule has 8 heteroatoms. The van der Waals surface area contributed by atoms with E-state index in [4.69, 9.17) is 21.4 Å². The van der Waals surface area contributed by atoms with Crippen LogP contribution in [0.15, 0.2) is 10.9 Å². The molecule has 0 bridgehead atoms. The Bertz CT molecular complexity index is 575. The number of aliphatic carboxylic acids is 1. The second kappa shape index (κ2) is 6.71. The minimum absolute atomic E-state index is 0.0553. The van der Waals surface area contributed by atoms with Crippen molar-refractivity contribution in [3.8, 4) is 0 Å². The molecule has 1 aromatic heterocycles. The van der Waals surface area contributed by atoms with E-state index < -0.39 is 5.97 Å². The molecule has 0 saturated carbocycles. The highest BCUT2D eigenvalue weighted by Crippen LogP contribution is 2.22. The van der Waals surface area contributed by atoms with E-state index in [0.29, 0.717) is 5.56 Å². The van der Waals surface area contributed by atoms with Crippen molar-refractivity contribution in [1.82, 2.24) is 14.9 Å². The molecule has 0 saturated heterocycles. The fourth-order valence-corrected chi connectivity index (χ4v) is 1.82. The molecule has 2 rings (SSSR count). The SMILES string of the molecule is CC(=O)O.CN1CC=C(c2c(N)nc(N)[nH]c2=O)CC1. The number of hydrogen-bond acceptors (Lipinski definition) is 6. The van der Waals surface area contributed by atoms with E-state index in [2.05, 4.69) is 14.9 Å². The lowest BCUT2D eigenvalue weighted by Gasteiger charge is -2.22. The van der Waals surface area contributed by atoms with Gasteiger partial charge in [0.2, 0.25) is 5.95 Å². The van der Waals surface area contributed by atoms with Gasteiger partial charge in [-0.25, -0.2) is 0 Å². The lowest BCUT2D eigenvalue weighted by Crippen LogP contribution is -2.26. The molecule has 0 aliphatic carbocycles. The van der Waals surface area contributed by atoms with Crippen LogP contribution < -0.4 is 17.0 Å². The van der Waals surface area contributed by atoms with E-state index in [0.717, 1.165) is 32.0 Å². The number of likely N-dealkylation sites (N-methyl/N-ethyl adjacent to an activating group) is 1. The first-order valence-electron chi connectivity index (χ1n) is 6.04. The number of carbonyl (C=O) groups is 1. The number of nitrogen functional groups attached to an aromatic ring is 2. The first kappa shape index (κ1) is 15.7. The lowest BCUT2D eigenvalue weighted by molar-refractivity contribution is -0.134. The third kappa shape index (κ3) is 4.39. The first-order valence-corrected chi connectivity index (χ1v) is 6.04. The van der Waals surface area contributed by atoms with Crippen molar-refractivity contribution in [2.45, 2.75) is 13.3 Å². The Morgan fingerprint density at radius 2 is 2.10 bits per heavy atom. The quantitative estimate of drug-likeness (QED) is 0.556. The molecule has 110 valence electrons. The summed E-state index contributed by atoms with van der Waals surface area (Å²) >= 11 is 0. The van der Waals surface area contributed by atoms with Crippen LogP contribution in [0.4, 0.5) is 11.8 Å². The van der Waals surface area contributed by atoms with Crippen molar-refractivity contribution >= 4 is 23.3 Å². The number of carboxylic acids is 1. The number of aromatic amines is 1. The summed E-state index contributed by atoms with van der Waals surface area (Å²) in [4.78, 5) is 29.2. The lowest BCUT2D eigenvalue weighted by atomic mass is 10.0. The molecule has 0 amide bonds. The van der Waals surface area contributed by atoms with Crippen LogP contribution in [0.2, 0.25) is 0 Å². The summed E-state index contributed by atoms with van der Waals surface area (Å²) in [7, 11) is 2.03. The van der Waals surface area contributed by atoms with Crippen molar-refractivity contribution < 1.29 is 9.90 Å². The summed E-state index contributed by atoms with van der Waals surface area (Å²) in [6.45, 7) is 2.81. The van der Waals surface area contributed by atoms with Gasteiger partial charge < -0.3 is 21.5 Å². The topological polar surface area (TPSA) is 138 Å². The average Bonchev–Trinajstić information content (AvgIpc) is 2.29. The van der Waals surface area contributed by atoms with Crippen LogP contribution in [0.5, 0.6) is 0 Å². The summed E-state index contributed by atoms with van der Waals surface area (Å²) in [5.41, 5.74) is 12.3. The minimum Gasteiger partial charge on any atom is -0.481 e. The van der Waals surface area contributed by atoms with Crippen LogP contribution in [0, 0.1) is 0 Å². The van der Waals surface area contributed by atoms with Gasteiger partial charge in [0.05, 0.1) is 5.56 Å². The zero-order valence-corrected chi connectivity index (χ0v) is 11.5. The van der Waals surface area contributed by atoms with Crippen LogP contribution in [0.3, 0.4) is 0 Å². The van der Waals surface area contributed by atoms with Crippen molar-refractivity contribution in [2.24, 2.45) is 0 Å². The summed E-state index contributed by atoms with van der Waals surface area (Å²) in [6, 6.07) is 0. The van der Waals surface area contributed by atoms with Gasteiger partial charge in [0.25, 0.3) is 11.5 Å². The third-order valence-electron chi connectivity index (χ3n) is 2.70. The Morgan fingerprint density at radius 3 is 2.55 bits per heavy atom. The highest BCUT2D eigenvalue weighted by atomic mass is 16.4. The molecule has 0 fully saturated rings. The molecule has 1 aliphatic heterocycles. The summed E-state index contributed by atoms with van der Waals surface area (Å²) < 4.78 is 0. The zero-order valence-electron chi connectivity index (χ0n) is 11.5. The van der Waals surface area contributed by atoms with E-state index in [1.54, 1.807) is 0 Å². The van der Waals surface area contributed by atoms with E-state index in [1.165, 1.54) is 0 Å². The highest BCUT2D eigenvalue weighted by molar-refractivity contribution is 5.73. The maximum Gasteiger partial charge on any atom is 0.300 e. The molecule has 6 N–H and O–H groups in total. The van der Waals surface area contributed by atoms with Gasteiger partial charge in [-0.15, -0.1) is 0 Å². The van der Waals surface area contributed by atoms with Gasteiger partial charge >= 0.3 is 0 Å². The van der Waals surface area contributed by atoms with E-state index in [-0.39, 0.29) is 17.3 Å². The molecule has 2 heterocycles. The molecule has 0 atom stereocenters. The Morgan fingerprint density at radius 1 is 1.50 bits per heavy atom. The number of carboxylic acid groups (broad SMARTS) is 1. The van der Waals surface area contributed by atoms with Gasteiger partial charge in [-0.3, -0.25) is 14.6 Å². The van der Waals surface area contributed by atoms with E-state index >= 15 is 0 Å². The minimum atomic E-state index is -0.833. The number of H-pyrrole nitrogens is 1. The molecule has 1 aromatic rings. The fraction of sp³-hybridized carbons (Fsp3) is 0.417. The van der Waals surface area contributed by atoms with E-state index in [1.807, 2.05) is 13.1 Å². The van der Waals surface area contributed by atoms with Crippen LogP contribution in [0.1, 0.15) is 18.9 Å². The maximum atomic E-state index is 11.7. The number of nitrogens with one attached hydrogen (secondary N) is 1. The molecule has 20 heavy (non-hydrogen) atoms. The van der Waals surface area contributed by atoms with Gasteiger partial charge in [-0.05, 0) is 19.0 Å². The van der Waals surface area contributed by atoms with Crippen LogP contribution >= 0.6 is 0 Å². The fourth-order valence-electron chi connectivity index (χ4n) is 1.82. The average molecular weight is 281 g/mol. The van der Waals surface area contributed by atoms with Crippen molar-refractivity contribution in [2.75, 3.05) is 31.6 Å². The Balaban J connectivity index is 0.000000444. The number of anilines is 2. The summed E-state index contributed by atoms with van der Waals surface area (Å²) in [5.74, 6) is -0.572. The van der Waals surface area contributed by atoms with Gasteiger partial charge in [-0.2, -0.15) is 4.98 Å². The number of rotatable bonds is 1. The second-order valence-corrected chi connectivity index (χ2v) is 4.47. The number of nitrogens with zero attached hydrogens (tertiary/aromatic N) is 2. The number of nitrogens with two attached hydrogens (primary N) is 2. The number of hydrogen-bond donors (Lipinski definition) is 4. The molecule has 0 radical (unpaired) electrons. The summed E-state index contributed by atoms with van der Waals surface area (Å²) in [6.07, 6.45) is 2.80. The highest BCUT2D eigenvalue weighted by Gasteiger charge is 2.16. The largest absolute Gasteiger partial charge is 0.481 e. The number of aromatic nitrogens is 2. The first-order chi connectivity index (χ1) is 9.31. The van der Waals surface area contributed by atoms with Gasteiger partial charge in [-0.1, -0.05) is 6.08 Å². The van der Waals surface area contributed by atoms with E-state index in [9.17, 15) is 4.79 Å². The van der Waals surface area contributed by atoms with Crippen LogP contribution in [-0.4, -0.2) is 46.1 Å². The molecular weight excluding hydrogens is 262 g/mol. The smallest absolute Gasteiger partial charge is 0.300 e. The maximum absolute atomic E-state index is 11.7. The predicted octanol–water partition coefficient (Wildman–Crippen LogP) is -0.256. The second-order valence-electron chi connectivity index (χ2n) is 4.47. The Hall–Kier alpha value is -2.35. The molecule has 1 aliphatic rings. The normalized spacial score (nSPS) is 15.0. The Labute approximate surface area is 116 Å². The molecule has 8 nitrogen and oxygen atoms in total. The Kier molecular flexibility index (Phi) is 5.27. The molecule has 0 spiro atoms.